The van der Waals surface area contributed by atoms with Gasteiger partial charge in [0.2, 0.25) is 15.9 Å². The lowest BCUT2D eigenvalue weighted by molar-refractivity contribution is 0.457. The number of sulfonamides is 1. The molecule has 142 valence electrons. The third-order valence-corrected chi connectivity index (χ3v) is 6.55. The minimum atomic E-state index is -3.60. The van der Waals surface area contributed by atoms with Crippen molar-refractivity contribution in [2.45, 2.75) is 39.1 Å². The van der Waals surface area contributed by atoms with E-state index in [0.717, 1.165) is 22.3 Å². The lowest BCUT2D eigenvalue weighted by Gasteiger charge is -2.17. The van der Waals surface area contributed by atoms with Crippen molar-refractivity contribution in [1.29, 1.82) is 0 Å². The normalized spacial score (nSPS) is 11.9. The molecule has 0 amide bonds. The van der Waals surface area contributed by atoms with Gasteiger partial charge in [-0.1, -0.05) is 23.8 Å². The minimum Gasteiger partial charge on any atom is -0.441 e. The molecular formula is C21H24N2O3S. The molecule has 0 saturated carbocycles. The third-order valence-electron chi connectivity index (χ3n) is 4.75. The monoisotopic (exact) mass is 384 g/mol. The molecule has 0 aliphatic rings. The lowest BCUT2D eigenvalue weighted by atomic mass is 10.1. The van der Waals surface area contributed by atoms with Crippen molar-refractivity contribution in [3.05, 3.63) is 70.6 Å². The first-order valence-electron chi connectivity index (χ1n) is 8.75. The van der Waals surface area contributed by atoms with Gasteiger partial charge < -0.3 is 4.42 Å². The van der Waals surface area contributed by atoms with Crippen LogP contribution in [-0.4, -0.2) is 24.8 Å². The van der Waals surface area contributed by atoms with Crippen LogP contribution in [0.5, 0.6) is 0 Å². The van der Waals surface area contributed by atoms with Crippen molar-refractivity contribution >= 4 is 10.0 Å². The summed E-state index contributed by atoms with van der Waals surface area (Å²) in [5.41, 5.74) is 4.65. The van der Waals surface area contributed by atoms with E-state index in [1.807, 2.05) is 51.1 Å². The van der Waals surface area contributed by atoms with Crippen LogP contribution in [0.1, 0.15) is 28.1 Å². The van der Waals surface area contributed by atoms with E-state index in [9.17, 15) is 8.42 Å². The summed E-state index contributed by atoms with van der Waals surface area (Å²) in [7, 11) is -2.04. The van der Waals surface area contributed by atoms with Crippen LogP contribution in [0, 0.1) is 27.7 Å². The SMILES string of the molecule is Cc1ccc(-c2nc(CN(C)S(=O)(=O)c3ccc(C)c(C)c3)c(C)o2)cc1. The van der Waals surface area contributed by atoms with Gasteiger partial charge in [-0.15, -0.1) is 0 Å². The van der Waals surface area contributed by atoms with Crippen LogP contribution in [0.4, 0.5) is 0 Å². The molecule has 5 nitrogen and oxygen atoms in total. The standard InChI is InChI=1S/C21H24N2O3S/c1-14-6-9-18(10-7-14)21-22-20(17(4)26-21)13-23(5)27(24,25)19-11-8-15(2)16(3)12-19/h6-12H,13H2,1-5H3. The van der Waals surface area contributed by atoms with E-state index >= 15 is 0 Å². The largest absolute Gasteiger partial charge is 0.441 e. The topological polar surface area (TPSA) is 63.4 Å². The zero-order valence-corrected chi connectivity index (χ0v) is 17.1. The van der Waals surface area contributed by atoms with E-state index in [1.165, 1.54) is 4.31 Å². The summed E-state index contributed by atoms with van der Waals surface area (Å²) in [5, 5.41) is 0. The van der Waals surface area contributed by atoms with Gasteiger partial charge in [-0.2, -0.15) is 4.31 Å². The predicted molar refractivity (Wildman–Crippen MR) is 106 cm³/mol. The van der Waals surface area contributed by atoms with Gasteiger partial charge in [-0.3, -0.25) is 0 Å². The molecule has 3 rings (SSSR count). The maximum absolute atomic E-state index is 12.9. The maximum Gasteiger partial charge on any atom is 0.243 e. The Hall–Kier alpha value is -2.44. The number of aryl methyl sites for hydroxylation is 4. The Morgan fingerprint density at radius 2 is 1.63 bits per heavy atom. The fourth-order valence-corrected chi connectivity index (χ4v) is 3.96. The summed E-state index contributed by atoms with van der Waals surface area (Å²) < 4.78 is 32.9. The molecule has 0 bridgehead atoms. The lowest BCUT2D eigenvalue weighted by Crippen LogP contribution is -2.27. The average Bonchev–Trinajstić information content (AvgIpc) is 2.98. The van der Waals surface area contributed by atoms with Gasteiger partial charge in [0, 0.05) is 12.6 Å². The van der Waals surface area contributed by atoms with E-state index in [0.29, 0.717) is 17.3 Å². The highest BCUT2D eigenvalue weighted by Gasteiger charge is 2.24. The molecule has 1 aromatic heterocycles. The number of oxazole rings is 1. The van der Waals surface area contributed by atoms with Crippen molar-refractivity contribution in [2.24, 2.45) is 0 Å². The van der Waals surface area contributed by atoms with Crippen LogP contribution < -0.4 is 0 Å². The second kappa shape index (κ2) is 7.29. The van der Waals surface area contributed by atoms with Crippen molar-refractivity contribution in [3.63, 3.8) is 0 Å². The number of benzene rings is 2. The summed E-state index contributed by atoms with van der Waals surface area (Å²) in [6, 6.07) is 13.0. The Labute approximate surface area is 160 Å². The first-order valence-corrected chi connectivity index (χ1v) is 10.2. The van der Waals surface area contributed by atoms with Crippen LogP contribution in [0.15, 0.2) is 51.8 Å². The second-order valence-electron chi connectivity index (χ2n) is 6.90. The van der Waals surface area contributed by atoms with Crippen LogP contribution in [0.3, 0.4) is 0 Å². The third kappa shape index (κ3) is 3.96. The molecule has 27 heavy (non-hydrogen) atoms. The average molecular weight is 385 g/mol. The Morgan fingerprint density at radius 1 is 0.963 bits per heavy atom. The molecule has 0 saturated heterocycles. The molecule has 2 aromatic carbocycles. The molecule has 0 spiro atoms. The molecule has 0 fully saturated rings. The Morgan fingerprint density at radius 3 is 2.26 bits per heavy atom. The summed E-state index contributed by atoms with van der Waals surface area (Å²) in [6.07, 6.45) is 0. The van der Waals surface area contributed by atoms with Crippen LogP contribution in [0.2, 0.25) is 0 Å². The summed E-state index contributed by atoms with van der Waals surface area (Å²) in [6.45, 7) is 7.83. The second-order valence-corrected chi connectivity index (χ2v) is 8.94. The first-order chi connectivity index (χ1) is 12.7. The molecular weight excluding hydrogens is 360 g/mol. The first kappa shape index (κ1) is 19.3. The van der Waals surface area contributed by atoms with Crippen LogP contribution in [0.25, 0.3) is 11.5 Å². The zero-order chi connectivity index (χ0) is 19.8. The Balaban J connectivity index is 1.86. The number of aromatic nitrogens is 1. The summed E-state index contributed by atoms with van der Waals surface area (Å²) >= 11 is 0. The molecule has 0 N–H and O–H groups in total. The highest BCUT2D eigenvalue weighted by atomic mass is 32.2. The van der Waals surface area contributed by atoms with Gasteiger partial charge >= 0.3 is 0 Å². The van der Waals surface area contributed by atoms with E-state index < -0.39 is 10.0 Å². The molecule has 1 heterocycles. The molecule has 0 aliphatic heterocycles. The molecule has 0 atom stereocenters. The van der Waals surface area contributed by atoms with Gasteiger partial charge in [0.1, 0.15) is 5.76 Å². The highest BCUT2D eigenvalue weighted by molar-refractivity contribution is 7.89. The maximum atomic E-state index is 12.9. The summed E-state index contributed by atoms with van der Waals surface area (Å²) in [5.74, 6) is 1.12. The number of hydrogen-bond donors (Lipinski definition) is 0. The number of rotatable bonds is 5. The van der Waals surface area contributed by atoms with Crippen LogP contribution in [-0.2, 0) is 16.6 Å². The smallest absolute Gasteiger partial charge is 0.243 e. The van der Waals surface area contributed by atoms with Crippen molar-refractivity contribution in [3.8, 4) is 11.5 Å². The molecule has 0 unspecified atom stereocenters. The van der Waals surface area contributed by atoms with Gasteiger partial charge in [-0.05, 0) is 63.1 Å². The van der Waals surface area contributed by atoms with E-state index in [1.54, 1.807) is 26.1 Å². The van der Waals surface area contributed by atoms with E-state index in [2.05, 4.69) is 4.98 Å². The zero-order valence-electron chi connectivity index (χ0n) is 16.3. The molecule has 0 radical (unpaired) electrons. The fraction of sp³-hybridized carbons (Fsp3) is 0.286. The number of nitrogens with zero attached hydrogens (tertiary/aromatic N) is 2. The fourth-order valence-electron chi connectivity index (χ4n) is 2.74. The van der Waals surface area contributed by atoms with Gasteiger partial charge in [-0.25, -0.2) is 13.4 Å². The van der Waals surface area contributed by atoms with Crippen LogP contribution >= 0.6 is 0 Å². The predicted octanol–water partition coefficient (Wildman–Crippen LogP) is 4.40. The molecule has 6 heteroatoms. The van der Waals surface area contributed by atoms with E-state index in [4.69, 9.17) is 4.42 Å². The summed E-state index contributed by atoms with van der Waals surface area (Å²) in [4.78, 5) is 4.80. The van der Waals surface area contributed by atoms with Crippen molar-refractivity contribution in [1.82, 2.24) is 9.29 Å². The van der Waals surface area contributed by atoms with Crippen molar-refractivity contribution in [2.75, 3.05) is 7.05 Å². The van der Waals surface area contributed by atoms with Gasteiger partial charge in [0.05, 0.1) is 17.1 Å². The Bertz CT molecular complexity index is 1070. The van der Waals surface area contributed by atoms with Gasteiger partial charge in [0.25, 0.3) is 0 Å². The number of hydrogen-bond acceptors (Lipinski definition) is 4. The Kier molecular flexibility index (Phi) is 5.22. The quantitative estimate of drug-likeness (QED) is 0.654. The molecule has 3 aromatic rings. The highest BCUT2D eigenvalue weighted by Crippen LogP contribution is 2.25. The minimum absolute atomic E-state index is 0.149. The molecule has 0 aliphatic carbocycles. The van der Waals surface area contributed by atoms with Gasteiger partial charge in [0.15, 0.2) is 0 Å². The van der Waals surface area contributed by atoms with Crippen molar-refractivity contribution < 1.29 is 12.8 Å². The van der Waals surface area contributed by atoms with E-state index in [-0.39, 0.29) is 11.4 Å².